The molecule has 5 N–H and O–H groups in total. The van der Waals surface area contributed by atoms with Crippen LogP contribution in [-0.2, 0) is 0 Å². The van der Waals surface area contributed by atoms with Crippen LogP contribution in [0.2, 0.25) is 0 Å². The van der Waals surface area contributed by atoms with Crippen LogP contribution < -0.4 is 11.5 Å². The van der Waals surface area contributed by atoms with Crippen molar-refractivity contribution in [3.05, 3.63) is 52.3 Å². The van der Waals surface area contributed by atoms with E-state index in [9.17, 15) is 14.9 Å². The van der Waals surface area contributed by atoms with Crippen molar-refractivity contribution in [2.75, 3.05) is 11.5 Å². The second kappa shape index (κ2) is 6.05. The van der Waals surface area contributed by atoms with Gasteiger partial charge in [0.15, 0.2) is 0 Å². The first-order chi connectivity index (χ1) is 8.90. The zero-order valence-corrected chi connectivity index (χ0v) is 9.65. The molecule has 2 aromatic rings. The smallest absolute Gasteiger partial charge is 0.433 e. The van der Waals surface area contributed by atoms with Crippen LogP contribution in [-0.4, -0.2) is 16.0 Å². The highest BCUT2D eigenvalue weighted by Gasteiger charge is 2.15. The average molecular weight is 265 g/mol. The highest BCUT2D eigenvalue weighted by Crippen LogP contribution is 2.14. The minimum absolute atomic E-state index is 0.434. The molecule has 0 saturated carbocycles. The molecule has 0 amide bonds. The van der Waals surface area contributed by atoms with Crippen LogP contribution in [0.25, 0.3) is 0 Å². The van der Waals surface area contributed by atoms with Crippen molar-refractivity contribution in [3.8, 4) is 0 Å². The van der Waals surface area contributed by atoms with Gasteiger partial charge in [-0.2, -0.15) is 0 Å². The molecule has 0 bridgehead atoms. The second-order valence-electron chi connectivity index (χ2n) is 3.37. The molecule has 2 rings (SSSR count). The molecule has 0 aliphatic heterocycles. The summed E-state index contributed by atoms with van der Waals surface area (Å²) in [6, 6.07) is 9.11. The maximum absolute atomic E-state index is 10.1. The van der Waals surface area contributed by atoms with Crippen LogP contribution in [0.4, 0.5) is 17.3 Å². The average Bonchev–Trinajstić information content (AvgIpc) is 2.83. The number of nitrogens with two attached hydrogens (primary N) is 2. The molecule has 0 saturated heterocycles. The Balaban J connectivity index is 0.000000200. The van der Waals surface area contributed by atoms with Gasteiger partial charge in [-0.25, -0.2) is 4.79 Å². The number of carbonyl (C=O) groups is 1. The molecule has 0 aliphatic rings. The molecule has 0 unspecified atom stereocenters. The van der Waals surface area contributed by atoms with Crippen molar-refractivity contribution in [3.63, 3.8) is 0 Å². The Kier molecular flexibility index (Phi) is 4.47. The largest absolute Gasteiger partial charge is 0.475 e. The van der Waals surface area contributed by atoms with Gasteiger partial charge in [-0.3, -0.25) is 10.1 Å². The van der Waals surface area contributed by atoms with Gasteiger partial charge in [0.05, 0.1) is 6.07 Å². The fraction of sp³-hybridized carbons (Fsp3) is 0. The van der Waals surface area contributed by atoms with Gasteiger partial charge in [0.1, 0.15) is 4.92 Å². The normalized spacial score (nSPS) is 9.26. The van der Waals surface area contributed by atoms with Crippen LogP contribution in [0.1, 0.15) is 10.6 Å². The van der Waals surface area contributed by atoms with Crippen molar-refractivity contribution in [2.45, 2.75) is 0 Å². The molecule has 100 valence electrons. The molecule has 0 radical (unpaired) electrons. The van der Waals surface area contributed by atoms with Crippen molar-refractivity contribution in [1.82, 2.24) is 0 Å². The van der Waals surface area contributed by atoms with Crippen molar-refractivity contribution in [2.24, 2.45) is 0 Å². The topological polar surface area (TPSA) is 146 Å². The molecular formula is C11H11N3O5. The molecule has 8 heteroatoms. The highest BCUT2D eigenvalue weighted by molar-refractivity contribution is 5.84. The lowest BCUT2D eigenvalue weighted by atomic mass is 10.3. The van der Waals surface area contributed by atoms with Crippen molar-refractivity contribution < 1.29 is 19.2 Å². The maximum atomic E-state index is 10.1. The number of nitrogens with zero attached hydrogens (tertiary/aromatic N) is 1. The minimum Gasteiger partial charge on any atom is -0.475 e. The Morgan fingerprint density at radius 1 is 1.11 bits per heavy atom. The van der Waals surface area contributed by atoms with Crippen LogP contribution >= 0.6 is 0 Å². The van der Waals surface area contributed by atoms with Crippen LogP contribution in [0.3, 0.4) is 0 Å². The van der Waals surface area contributed by atoms with E-state index >= 15 is 0 Å². The Morgan fingerprint density at radius 2 is 1.58 bits per heavy atom. The summed E-state index contributed by atoms with van der Waals surface area (Å²) in [5, 5.41) is 18.2. The first kappa shape index (κ1) is 14.0. The lowest BCUT2D eigenvalue weighted by Crippen LogP contribution is -1.92. The molecule has 1 heterocycles. The predicted octanol–water partition coefficient (Wildman–Crippen LogP) is 1.74. The number of aromatic carboxylic acids is 1. The van der Waals surface area contributed by atoms with Crippen LogP contribution in [0.15, 0.2) is 40.8 Å². The zero-order chi connectivity index (χ0) is 14.4. The Labute approximate surface area is 107 Å². The van der Waals surface area contributed by atoms with E-state index in [0.717, 1.165) is 23.5 Å². The summed E-state index contributed by atoms with van der Waals surface area (Å²) in [7, 11) is 0. The summed E-state index contributed by atoms with van der Waals surface area (Å²) >= 11 is 0. The van der Waals surface area contributed by atoms with E-state index in [2.05, 4.69) is 4.42 Å². The monoisotopic (exact) mass is 265 g/mol. The Bertz CT molecular complexity index is 527. The van der Waals surface area contributed by atoms with E-state index in [0.29, 0.717) is 0 Å². The van der Waals surface area contributed by atoms with Gasteiger partial charge in [0.25, 0.3) is 0 Å². The Morgan fingerprint density at radius 3 is 1.84 bits per heavy atom. The third-order valence-electron chi connectivity index (χ3n) is 1.92. The number of hydrogen-bond acceptors (Lipinski definition) is 6. The third-order valence-corrected chi connectivity index (χ3v) is 1.92. The lowest BCUT2D eigenvalue weighted by Gasteiger charge is -1.90. The van der Waals surface area contributed by atoms with Gasteiger partial charge in [-0.1, -0.05) is 0 Å². The standard InChI is InChI=1S/C6H8N2.C5H3NO5/c7-5-1-2-6(8)4-3-5;7-5(8)3-1-2-4(11-3)6(9)10/h1-4H,7-8H2;1-2H,(H,7,8). The number of carboxylic acids is 1. The molecule has 0 spiro atoms. The number of hydrogen-bond donors (Lipinski definition) is 3. The summed E-state index contributed by atoms with van der Waals surface area (Å²) in [6.07, 6.45) is 0. The van der Waals surface area contributed by atoms with Gasteiger partial charge < -0.3 is 21.0 Å². The Hall–Kier alpha value is -3.03. The fourth-order valence-electron chi connectivity index (χ4n) is 1.04. The number of rotatable bonds is 2. The van der Waals surface area contributed by atoms with Gasteiger partial charge in [0.2, 0.25) is 5.76 Å². The van der Waals surface area contributed by atoms with Gasteiger partial charge in [0, 0.05) is 11.4 Å². The minimum atomic E-state index is -1.32. The number of nitrogen functional groups attached to an aromatic ring is 2. The van der Waals surface area contributed by atoms with Crippen LogP contribution in [0, 0.1) is 10.1 Å². The third kappa shape index (κ3) is 4.38. The molecule has 19 heavy (non-hydrogen) atoms. The molecule has 1 aromatic carbocycles. The van der Waals surface area contributed by atoms with Crippen LogP contribution in [0.5, 0.6) is 0 Å². The quantitative estimate of drug-likeness (QED) is 0.425. The summed E-state index contributed by atoms with van der Waals surface area (Å²) in [4.78, 5) is 19.3. The van der Waals surface area contributed by atoms with E-state index in [1.807, 2.05) is 0 Å². The number of furan rings is 1. The van der Waals surface area contributed by atoms with E-state index in [-0.39, 0.29) is 0 Å². The molecule has 1 aromatic heterocycles. The summed E-state index contributed by atoms with van der Waals surface area (Å²) < 4.78 is 4.31. The molecule has 0 fully saturated rings. The first-order valence-electron chi connectivity index (χ1n) is 4.98. The van der Waals surface area contributed by atoms with Gasteiger partial charge in [-0.15, -0.1) is 0 Å². The van der Waals surface area contributed by atoms with E-state index in [1.54, 1.807) is 24.3 Å². The molecule has 0 atom stereocenters. The predicted molar refractivity (Wildman–Crippen MR) is 67.6 cm³/mol. The number of carboxylic acid groups (broad SMARTS) is 1. The maximum Gasteiger partial charge on any atom is 0.433 e. The summed E-state index contributed by atoms with van der Waals surface area (Å²) in [6.45, 7) is 0. The van der Waals surface area contributed by atoms with E-state index in [4.69, 9.17) is 16.6 Å². The van der Waals surface area contributed by atoms with E-state index in [1.165, 1.54) is 0 Å². The van der Waals surface area contributed by atoms with E-state index < -0.39 is 22.5 Å². The SMILES string of the molecule is Nc1ccc(N)cc1.O=C(O)c1ccc([N+](=O)[O-])o1. The summed E-state index contributed by atoms with van der Waals surface area (Å²) in [5.41, 5.74) is 12.2. The molecule has 8 nitrogen and oxygen atoms in total. The van der Waals surface area contributed by atoms with Gasteiger partial charge in [-0.05, 0) is 30.3 Å². The second-order valence-corrected chi connectivity index (χ2v) is 3.37. The first-order valence-corrected chi connectivity index (χ1v) is 4.98. The fourth-order valence-corrected chi connectivity index (χ4v) is 1.04. The number of benzene rings is 1. The zero-order valence-electron chi connectivity index (χ0n) is 9.65. The number of nitro groups is 1. The molecule has 0 aliphatic carbocycles. The van der Waals surface area contributed by atoms with Gasteiger partial charge >= 0.3 is 11.9 Å². The van der Waals surface area contributed by atoms with Crippen molar-refractivity contribution in [1.29, 1.82) is 0 Å². The lowest BCUT2D eigenvalue weighted by molar-refractivity contribution is -0.402. The summed E-state index contributed by atoms with van der Waals surface area (Å²) in [5.74, 6) is -2.32. The molecular weight excluding hydrogens is 254 g/mol. The van der Waals surface area contributed by atoms with Crippen molar-refractivity contribution >= 4 is 23.2 Å². The highest BCUT2D eigenvalue weighted by atomic mass is 16.6. The number of anilines is 2.